The van der Waals surface area contributed by atoms with Crippen LogP contribution < -0.4 is 0 Å². The fourth-order valence-electron chi connectivity index (χ4n) is 1.67. The second kappa shape index (κ2) is 5.05. The largest absolute Gasteiger partial charge is 0.481 e. The Hall–Kier alpha value is -1.75. The van der Waals surface area contributed by atoms with Gasteiger partial charge < -0.3 is 5.11 Å². The van der Waals surface area contributed by atoms with Crippen molar-refractivity contribution in [2.75, 3.05) is 0 Å². The van der Waals surface area contributed by atoms with Crippen LogP contribution in [0.5, 0.6) is 0 Å². The highest BCUT2D eigenvalue weighted by Gasteiger charge is 2.23. The molecule has 2 aromatic rings. The number of hydrogen-bond acceptors (Lipinski definition) is 4. The zero-order valence-electron chi connectivity index (χ0n) is 9.33. The van der Waals surface area contributed by atoms with Crippen molar-refractivity contribution in [1.82, 2.24) is 10.2 Å². The van der Waals surface area contributed by atoms with Crippen LogP contribution in [0.2, 0.25) is 0 Å². The Balaban J connectivity index is 2.26. The third-order valence-electron chi connectivity index (χ3n) is 2.66. The van der Waals surface area contributed by atoms with Crippen LogP contribution in [0.15, 0.2) is 29.8 Å². The third kappa shape index (κ3) is 2.68. The van der Waals surface area contributed by atoms with E-state index in [0.717, 1.165) is 11.1 Å². The lowest BCUT2D eigenvalue weighted by atomic mass is 9.97. The van der Waals surface area contributed by atoms with Gasteiger partial charge in [-0.25, -0.2) is 0 Å². The van der Waals surface area contributed by atoms with E-state index in [2.05, 4.69) is 10.2 Å². The molecule has 1 unspecified atom stereocenters. The summed E-state index contributed by atoms with van der Waals surface area (Å²) in [6.45, 7) is 1.98. The van der Waals surface area contributed by atoms with Crippen LogP contribution in [0.3, 0.4) is 0 Å². The lowest BCUT2D eigenvalue weighted by molar-refractivity contribution is -0.138. The molecule has 0 aliphatic rings. The second-order valence-electron chi connectivity index (χ2n) is 3.80. The first-order valence-electron chi connectivity index (χ1n) is 5.22. The van der Waals surface area contributed by atoms with Gasteiger partial charge in [0.1, 0.15) is 16.4 Å². The normalized spacial score (nSPS) is 12.3. The average Bonchev–Trinajstić information content (AvgIpc) is 2.81. The highest BCUT2D eigenvalue weighted by molar-refractivity contribution is 7.09. The van der Waals surface area contributed by atoms with Crippen molar-refractivity contribution in [3.05, 3.63) is 45.9 Å². The van der Waals surface area contributed by atoms with E-state index >= 15 is 0 Å². The van der Waals surface area contributed by atoms with Gasteiger partial charge in [-0.05, 0) is 24.5 Å². The van der Waals surface area contributed by atoms with Gasteiger partial charge in [-0.1, -0.05) is 24.3 Å². The fraction of sp³-hybridized carbons (Fsp3) is 0.250. The smallest absolute Gasteiger partial charge is 0.313 e. The minimum atomic E-state index is -0.856. The van der Waals surface area contributed by atoms with Crippen molar-refractivity contribution < 1.29 is 9.90 Å². The van der Waals surface area contributed by atoms with Crippen LogP contribution in [0, 0.1) is 6.92 Å². The molecule has 0 spiro atoms. The topological polar surface area (TPSA) is 63.1 Å². The lowest BCUT2D eigenvalue weighted by Gasteiger charge is -2.10. The molecule has 0 fully saturated rings. The van der Waals surface area contributed by atoms with Crippen molar-refractivity contribution >= 4 is 17.3 Å². The number of aliphatic carboxylic acids is 1. The summed E-state index contributed by atoms with van der Waals surface area (Å²) in [7, 11) is 0. The number of carbonyl (C=O) groups is 1. The number of aromatic nitrogens is 2. The van der Waals surface area contributed by atoms with Crippen LogP contribution >= 0.6 is 11.3 Å². The molecule has 1 aromatic heterocycles. The maximum atomic E-state index is 11.3. The summed E-state index contributed by atoms with van der Waals surface area (Å²) in [6, 6.07) is 7.79. The van der Waals surface area contributed by atoms with Gasteiger partial charge in [-0.15, -0.1) is 21.5 Å². The van der Waals surface area contributed by atoms with Gasteiger partial charge in [0.05, 0.1) is 0 Å². The fourth-order valence-corrected chi connectivity index (χ4v) is 2.32. The van der Waals surface area contributed by atoms with Gasteiger partial charge in [0.2, 0.25) is 0 Å². The molecule has 0 aliphatic heterocycles. The second-order valence-corrected chi connectivity index (χ2v) is 4.66. The number of nitrogens with zero attached hydrogens (tertiary/aromatic N) is 2. The molecule has 1 heterocycles. The summed E-state index contributed by atoms with van der Waals surface area (Å²) in [4.78, 5) is 11.3. The van der Waals surface area contributed by atoms with Crippen molar-refractivity contribution in [2.24, 2.45) is 0 Å². The summed E-state index contributed by atoms with van der Waals surface area (Å²) in [5, 5.41) is 17.3. The highest BCUT2D eigenvalue weighted by Crippen LogP contribution is 2.23. The number of benzene rings is 1. The average molecular weight is 248 g/mol. The van der Waals surface area contributed by atoms with Crippen LogP contribution in [0.1, 0.15) is 22.1 Å². The maximum Gasteiger partial charge on any atom is 0.313 e. The summed E-state index contributed by atoms with van der Waals surface area (Å²) in [6.07, 6.45) is 0.456. The van der Waals surface area contributed by atoms with Crippen molar-refractivity contribution in [1.29, 1.82) is 0 Å². The van der Waals surface area contributed by atoms with E-state index < -0.39 is 11.9 Å². The molecule has 1 N–H and O–H groups in total. The molecule has 0 radical (unpaired) electrons. The van der Waals surface area contributed by atoms with Crippen LogP contribution in [0.4, 0.5) is 0 Å². The molecule has 0 aliphatic carbocycles. The first-order chi connectivity index (χ1) is 8.18. The SMILES string of the molecule is Cc1ccccc1CC(C(=O)O)c1nncs1. The molecule has 4 nitrogen and oxygen atoms in total. The summed E-state index contributed by atoms with van der Waals surface area (Å²) >= 11 is 1.28. The first kappa shape index (κ1) is 11.7. The van der Waals surface area contributed by atoms with E-state index in [9.17, 15) is 9.90 Å². The van der Waals surface area contributed by atoms with E-state index in [-0.39, 0.29) is 0 Å². The van der Waals surface area contributed by atoms with E-state index in [4.69, 9.17) is 0 Å². The zero-order valence-corrected chi connectivity index (χ0v) is 10.1. The van der Waals surface area contributed by atoms with Crippen LogP contribution in [0.25, 0.3) is 0 Å². The number of aryl methyl sites for hydroxylation is 1. The molecule has 1 aromatic carbocycles. The van der Waals surface area contributed by atoms with E-state index in [0.29, 0.717) is 11.4 Å². The number of rotatable bonds is 4. The van der Waals surface area contributed by atoms with E-state index in [1.165, 1.54) is 11.3 Å². The Kier molecular flexibility index (Phi) is 3.49. The molecule has 0 bridgehead atoms. The predicted molar refractivity (Wildman–Crippen MR) is 65.2 cm³/mol. The molecule has 1 atom stereocenters. The molecule has 0 saturated heterocycles. The number of carboxylic acids is 1. The highest BCUT2D eigenvalue weighted by atomic mass is 32.1. The van der Waals surface area contributed by atoms with Gasteiger partial charge in [0.25, 0.3) is 0 Å². The molecule has 0 amide bonds. The Morgan fingerprint density at radius 3 is 2.82 bits per heavy atom. The predicted octanol–water partition coefficient (Wildman–Crippen LogP) is 2.26. The molecule has 0 saturated carbocycles. The Morgan fingerprint density at radius 1 is 1.47 bits per heavy atom. The lowest BCUT2D eigenvalue weighted by Crippen LogP contribution is -2.14. The summed E-state index contributed by atoms with van der Waals surface area (Å²) in [5.74, 6) is -1.46. The third-order valence-corrected chi connectivity index (χ3v) is 3.47. The minimum absolute atomic E-state index is 0.456. The minimum Gasteiger partial charge on any atom is -0.481 e. The summed E-state index contributed by atoms with van der Waals surface area (Å²) in [5.41, 5.74) is 3.70. The van der Waals surface area contributed by atoms with Crippen molar-refractivity contribution in [3.8, 4) is 0 Å². The number of carboxylic acid groups (broad SMARTS) is 1. The van der Waals surface area contributed by atoms with Gasteiger partial charge in [-0.2, -0.15) is 0 Å². The van der Waals surface area contributed by atoms with Gasteiger partial charge in [0, 0.05) is 0 Å². The van der Waals surface area contributed by atoms with Gasteiger partial charge in [0.15, 0.2) is 0 Å². The van der Waals surface area contributed by atoms with Crippen molar-refractivity contribution in [3.63, 3.8) is 0 Å². The van der Waals surface area contributed by atoms with Gasteiger partial charge in [-0.3, -0.25) is 4.79 Å². The molecule has 17 heavy (non-hydrogen) atoms. The quantitative estimate of drug-likeness (QED) is 0.901. The first-order valence-corrected chi connectivity index (χ1v) is 6.10. The van der Waals surface area contributed by atoms with Crippen LogP contribution in [-0.2, 0) is 11.2 Å². The molecule has 88 valence electrons. The Morgan fingerprint density at radius 2 is 2.24 bits per heavy atom. The molecular formula is C12H12N2O2S. The maximum absolute atomic E-state index is 11.3. The molecular weight excluding hydrogens is 236 g/mol. The van der Waals surface area contributed by atoms with Gasteiger partial charge >= 0.3 is 5.97 Å². The molecule has 2 rings (SSSR count). The summed E-state index contributed by atoms with van der Waals surface area (Å²) < 4.78 is 0. The van der Waals surface area contributed by atoms with E-state index in [1.807, 2.05) is 31.2 Å². The Bertz CT molecular complexity index is 511. The standard InChI is InChI=1S/C12H12N2O2S/c1-8-4-2-3-5-9(8)6-10(12(15)16)11-14-13-7-17-11/h2-5,7,10H,6H2,1H3,(H,15,16). The Labute approximate surface area is 103 Å². The van der Waals surface area contributed by atoms with E-state index in [1.54, 1.807) is 5.51 Å². The van der Waals surface area contributed by atoms with Crippen molar-refractivity contribution in [2.45, 2.75) is 19.3 Å². The monoisotopic (exact) mass is 248 g/mol. The molecule has 5 heteroatoms. The van der Waals surface area contributed by atoms with Crippen LogP contribution in [-0.4, -0.2) is 21.3 Å². The number of hydrogen-bond donors (Lipinski definition) is 1. The zero-order chi connectivity index (χ0) is 12.3.